The van der Waals surface area contributed by atoms with Crippen molar-refractivity contribution in [2.45, 2.75) is 65.0 Å². The van der Waals surface area contributed by atoms with Gasteiger partial charge in [0, 0.05) is 6.04 Å². The molecule has 0 spiro atoms. The zero-order valence-electron chi connectivity index (χ0n) is 10.7. The Kier molecular flexibility index (Phi) is 5.26. The minimum Gasteiger partial charge on any atom is -0.480 e. The van der Waals surface area contributed by atoms with Gasteiger partial charge < -0.3 is 10.4 Å². The van der Waals surface area contributed by atoms with Crippen LogP contribution in [-0.4, -0.2) is 23.2 Å². The minimum atomic E-state index is -0.741. The fraction of sp³-hybridized carbons (Fsp3) is 0.923. The van der Waals surface area contributed by atoms with E-state index in [1.54, 1.807) is 6.92 Å². The van der Waals surface area contributed by atoms with Crippen LogP contribution in [0.3, 0.4) is 0 Å². The monoisotopic (exact) mass is 227 g/mol. The topological polar surface area (TPSA) is 49.3 Å². The second-order valence-electron chi connectivity index (χ2n) is 5.50. The van der Waals surface area contributed by atoms with E-state index < -0.39 is 12.0 Å². The van der Waals surface area contributed by atoms with Gasteiger partial charge in [-0.2, -0.15) is 0 Å². The molecule has 0 aliphatic heterocycles. The van der Waals surface area contributed by atoms with E-state index in [1.807, 2.05) is 0 Å². The molecule has 3 unspecified atom stereocenters. The largest absolute Gasteiger partial charge is 0.480 e. The molecule has 3 nitrogen and oxygen atoms in total. The van der Waals surface area contributed by atoms with Crippen LogP contribution in [-0.2, 0) is 4.79 Å². The van der Waals surface area contributed by atoms with E-state index in [0.717, 1.165) is 12.3 Å². The normalized spacial score (nSPS) is 27.2. The molecule has 1 rings (SSSR count). The van der Waals surface area contributed by atoms with Crippen molar-refractivity contribution in [3.63, 3.8) is 0 Å². The highest BCUT2D eigenvalue weighted by molar-refractivity contribution is 5.72. The number of nitrogens with one attached hydrogen (secondary N) is 1. The van der Waals surface area contributed by atoms with Crippen LogP contribution in [0.2, 0.25) is 0 Å². The van der Waals surface area contributed by atoms with Gasteiger partial charge in [-0.3, -0.25) is 4.79 Å². The summed E-state index contributed by atoms with van der Waals surface area (Å²) in [4.78, 5) is 10.8. The van der Waals surface area contributed by atoms with E-state index in [4.69, 9.17) is 5.11 Å². The molecule has 0 aromatic rings. The molecule has 0 aromatic heterocycles. The molecule has 2 N–H and O–H groups in total. The van der Waals surface area contributed by atoms with Crippen LogP contribution in [0, 0.1) is 11.8 Å². The van der Waals surface area contributed by atoms with Crippen molar-refractivity contribution in [3.8, 4) is 0 Å². The number of carboxylic acid groups (broad SMARTS) is 1. The highest BCUT2D eigenvalue weighted by Gasteiger charge is 2.29. The summed E-state index contributed by atoms with van der Waals surface area (Å²) in [5, 5.41) is 12.1. The maximum atomic E-state index is 10.8. The standard InChI is InChI=1S/C13H25NO2/c1-9(2)7-8-11-5-4-6-12(11)14-10(3)13(15)16/h9-12,14H,4-8H2,1-3H3,(H,15,16). The van der Waals surface area contributed by atoms with E-state index in [9.17, 15) is 4.79 Å². The first-order valence-corrected chi connectivity index (χ1v) is 6.49. The fourth-order valence-electron chi connectivity index (χ4n) is 2.54. The second-order valence-corrected chi connectivity index (χ2v) is 5.50. The summed E-state index contributed by atoms with van der Waals surface area (Å²) in [6.45, 7) is 6.23. The van der Waals surface area contributed by atoms with Crippen LogP contribution in [0.15, 0.2) is 0 Å². The first kappa shape index (κ1) is 13.5. The summed E-state index contributed by atoms with van der Waals surface area (Å²) >= 11 is 0. The van der Waals surface area contributed by atoms with E-state index in [1.165, 1.54) is 25.7 Å². The van der Waals surface area contributed by atoms with Gasteiger partial charge >= 0.3 is 5.97 Å². The zero-order chi connectivity index (χ0) is 12.1. The molecule has 94 valence electrons. The van der Waals surface area contributed by atoms with Gasteiger partial charge in [-0.25, -0.2) is 0 Å². The third-order valence-electron chi connectivity index (χ3n) is 3.61. The van der Waals surface area contributed by atoms with Crippen LogP contribution in [0.4, 0.5) is 0 Å². The molecule has 0 heterocycles. The molecule has 0 radical (unpaired) electrons. The summed E-state index contributed by atoms with van der Waals surface area (Å²) in [5.41, 5.74) is 0. The lowest BCUT2D eigenvalue weighted by molar-refractivity contribution is -0.139. The van der Waals surface area contributed by atoms with Gasteiger partial charge in [-0.05, 0) is 38.0 Å². The van der Waals surface area contributed by atoms with Crippen LogP contribution in [0.5, 0.6) is 0 Å². The lowest BCUT2D eigenvalue weighted by Crippen LogP contribution is -2.43. The average molecular weight is 227 g/mol. The Labute approximate surface area is 98.6 Å². The minimum absolute atomic E-state index is 0.412. The van der Waals surface area contributed by atoms with Crippen LogP contribution in [0.1, 0.15) is 52.9 Å². The first-order chi connectivity index (χ1) is 7.50. The number of aliphatic carboxylic acids is 1. The van der Waals surface area contributed by atoms with Crippen molar-refractivity contribution in [1.82, 2.24) is 5.32 Å². The average Bonchev–Trinajstić information content (AvgIpc) is 2.62. The summed E-state index contributed by atoms with van der Waals surface area (Å²) in [7, 11) is 0. The Morgan fingerprint density at radius 1 is 1.38 bits per heavy atom. The molecule has 1 saturated carbocycles. The molecule has 3 atom stereocenters. The van der Waals surface area contributed by atoms with Gasteiger partial charge in [0.25, 0.3) is 0 Å². The Morgan fingerprint density at radius 2 is 2.06 bits per heavy atom. The van der Waals surface area contributed by atoms with Gasteiger partial charge in [-0.1, -0.05) is 26.7 Å². The molecular weight excluding hydrogens is 202 g/mol. The van der Waals surface area contributed by atoms with E-state index in [-0.39, 0.29) is 0 Å². The second kappa shape index (κ2) is 6.24. The molecule has 16 heavy (non-hydrogen) atoms. The lowest BCUT2D eigenvalue weighted by Gasteiger charge is -2.23. The van der Waals surface area contributed by atoms with Gasteiger partial charge in [0.05, 0.1) is 0 Å². The number of carbonyl (C=O) groups is 1. The summed E-state index contributed by atoms with van der Waals surface area (Å²) in [5.74, 6) is 0.692. The predicted molar refractivity (Wildman–Crippen MR) is 65.4 cm³/mol. The van der Waals surface area contributed by atoms with Gasteiger partial charge in [0.1, 0.15) is 6.04 Å². The number of hydrogen-bond donors (Lipinski definition) is 2. The molecule has 3 heteroatoms. The van der Waals surface area contributed by atoms with Crippen LogP contribution < -0.4 is 5.32 Å². The smallest absolute Gasteiger partial charge is 0.320 e. The SMILES string of the molecule is CC(C)CCC1CCCC1NC(C)C(=O)O. The molecule has 0 bridgehead atoms. The van der Waals surface area contributed by atoms with E-state index in [2.05, 4.69) is 19.2 Å². The van der Waals surface area contributed by atoms with Gasteiger partial charge in [-0.15, -0.1) is 0 Å². The van der Waals surface area contributed by atoms with E-state index >= 15 is 0 Å². The third-order valence-corrected chi connectivity index (χ3v) is 3.61. The summed E-state index contributed by atoms with van der Waals surface area (Å²) in [6, 6.07) is 0.00880. The first-order valence-electron chi connectivity index (χ1n) is 6.49. The van der Waals surface area contributed by atoms with Crippen molar-refractivity contribution < 1.29 is 9.90 Å². The molecule has 0 aromatic carbocycles. The van der Waals surface area contributed by atoms with Crippen LogP contribution >= 0.6 is 0 Å². The number of hydrogen-bond acceptors (Lipinski definition) is 2. The van der Waals surface area contributed by atoms with Crippen LogP contribution in [0.25, 0.3) is 0 Å². The maximum Gasteiger partial charge on any atom is 0.320 e. The summed E-state index contributed by atoms with van der Waals surface area (Å²) in [6.07, 6.45) is 6.13. The molecule has 1 fully saturated rings. The molecular formula is C13H25NO2. The van der Waals surface area contributed by atoms with Crippen molar-refractivity contribution >= 4 is 5.97 Å². The van der Waals surface area contributed by atoms with Crippen molar-refractivity contribution in [1.29, 1.82) is 0 Å². The van der Waals surface area contributed by atoms with Crippen molar-refractivity contribution in [3.05, 3.63) is 0 Å². The van der Waals surface area contributed by atoms with Crippen molar-refractivity contribution in [2.24, 2.45) is 11.8 Å². The van der Waals surface area contributed by atoms with Gasteiger partial charge in [0.2, 0.25) is 0 Å². The number of carboxylic acids is 1. The zero-order valence-corrected chi connectivity index (χ0v) is 10.7. The predicted octanol–water partition coefficient (Wildman–Crippen LogP) is 2.65. The number of rotatable bonds is 6. The Bertz CT molecular complexity index is 228. The Morgan fingerprint density at radius 3 is 2.62 bits per heavy atom. The molecule has 1 aliphatic rings. The highest BCUT2D eigenvalue weighted by atomic mass is 16.4. The molecule has 0 saturated heterocycles. The summed E-state index contributed by atoms with van der Waals surface area (Å²) < 4.78 is 0. The van der Waals surface area contributed by atoms with Gasteiger partial charge in [0.15, 0.2) is 0 Å². The molecule has 0 amide bonds. The Balaban J connectivity index is 2.37. The molecule has 1 aliphatic carbocycles. The highest BCUT2D eigenvalue weighted by Crippen LogP contribution is 2.30. The fourth-order valence-corrected chi connectivity index (χ4v) is 2.54. The maximum absolute atomic E-state index is 10.8. The van der Waals surface area contributed by atoms with E-state index in [0.29, 0.717) is 12.0 Å². The van der Waals surface area contributed by atoms with Crippen molar-refractivity contribution in [2.75, 3.05) is 0 Å². The third kappa shape index (κ3) is 4.12. The lowest BCUT2D eigenvalue weighted by atomic mass is 9.93. The Hall–Kier alpha value is -0.570. The quantitative estimate of drug-likeness (QED) is 0.733.